The first kappa shape index (κ1) is 34.7. The van der Waals surface area contributed by atoms with Gasteiger partial charge in [-0.25, -0.2) is 19.4 Å². The molecule has 2 aromatic heterocycles. The van der Waals surface area contributed by atoms with Gasteiger partial charge in [0.15, 0.2) is 11.2 Å². The topological polar surface area (TPSA) is 112 Å². The monoisotopic (exact) mass is 722 g/mol. The number of hydrogen-bond donors (Lipinski definition) is 0. The van der Waals surface area contributed by atoms with Gasteiger partial charge < -0.3 is 14.0 Å². The van der Waals surface area contributed by atoms with E-state index in [-0.39, 0.29) is 12.5 Å². The number of fused-ring (bicyclic) bond motifs is 1. The van der Waals surface area contributed by atoms with Gasteiger partial charge in [0.25, 0.3) is 5.88 Å². The summed E-state index contributed by atoms with van der Waals surface area (Å²) in [7, 11) is 3.21. The molecule has 4 aromatic carbocycles. The van der Waals surface area contributed by atoms with Gasteiger partial charge in [0.2, 0.25) is 0 Å². The van der Waals surface area contributed by atoms with Crippen LogP contribution in [0.4, 0.5) is 0 Å². The Bertz CT molecular complexity index is 2040. The molecule has 13 heteroatoms. The number of benzene rings is 4. The van der Waals surface area contributed by atoms with Crippen molar-refractivity contribution < 1.29 is 23.4 Å². The molecule has 3 atom stereocenters. The van der Waals surface area contributed by atoms with Gasteiger partial charge in [-0.05, 0) is 54.2 Å². The first-order valence-corrected chi connectivity index (χ1v) is 18.9. The first-order valence-electron chi connectivity index (χ1n) is 16.4. The van der Waals surface area contributed by atoms with Gasteiger partial charge >= 0.3 is 12.8 Å². The van der Waals surface area contributed by atoms with Crippen molar-refractivity contribution in [3.8, 4) is 5.88 Å². The largest absolute Gasteiger partial charge is 0.401 e. The van der Waals surface area contributed by atoms with Gasteiger partial charge in [0.05, 0.1) is 30.1 Å². The molecule has 0 N–H and O–H groups in total. The zero-order valence-corrected chi connectivity index (χ0v) is 29.7. The maximum atomic E-state index is 13.1. The Morgan fingerprint density at radius 1 is 0.843 bits per heavy atom. The number of ether oxygens (including phenoxy) is 2. The molecule has 51 heavy (non-hydrogen) atoms. The summed E-state index contributed by atoms with van der Waals surface area (Å²) in [6.45, 7) is -2.90. The highest BCUT2D eigenvalue weighted by atomic mass is 35.7. The van der Waals surface area contributed by atoms with Crippen LogP contribution in [0.25, 0.3) is 11.2 Å². The standard InChI is InChI=1S/C38H36ClN6O5P/c1-43(2)51(39,47)48-25-32-23-44(38(29-17-9-4-10-18-29,30-19-11-5-12-20-30)31-21-13-6-14-22-31)24-33(49-32)45-27-42-34-35(45)40-26-41-36(34)50-37(46)28-15-7-3-8-16-28/h3-22,26-27,32-33H,23-25H2,1-2H3. The van der Waals surface area contributed by atoms with E-state index in [9.17, 15) is 9.36 Å². The van der Waals surface area contributed by atoms with Gasteiger partial charge in [-0.2, -0.15) is 4.98 Å². The quantitative estimate of drug-likeness (QED) is 0.0776. The Kier molecular flexibility index (Phi) is 10.1. The van der Waals surface area contributed by atoms with Crippen LogP contribution in [-0.2, 0) is 19.4 Å². The van der Waals surface area contributed by atoms with E-state index in [0.29, 0.717) is 29.8 Å². The van der Waals surface area contributed by atoms with Crippen LogP contribution in [0.15, 0.2) is 134 Å². The van der Waals surface area contributed by atoms with Crippen LogP contribution in [0.2, 0.25) is 0 Å². The van der Waals surface area contributed by atoms with Crippen LogP contribution in [-0.4, -0.2) is 75.0 Å². The number of rotatable bonds is 11. The summed E-state index contributed by atoms with van der Waals surface area (Å²) in [5.41, 5.74) is 3.44. The summed E-state index contributed by atoms with van der Waals surface area (Å²) in [4.78, 5) is 28.7. The van der Waals surface area contributed by atoms with Crippen molar-refractivity contribution in [1.29, 1.82) is 0 Å². The molecule has 0 aliphatic carbocycles. The van der Waals surface area contributed by atoms with Crippen molar-refractivity contribution in [2.45, 2.75) is 17.9 Å². The maximum absolute atomic E-state index is 13.1. The highest BCUT2D eigenvalue weighted by molar-refractivity contribution is 7.83. The molecule has 0 bridgehead atoms. The summed E-state index contributed by atoms with van der Waals surface area (Å²) >= 11 is 6.34. The fraction of sp³-hybridized carbons (Fsp3) is 0.211. The van der Waals surface area contributed by atoms with Crippen molar-refractivity contribution in [3.05, 3.63) is 156 Å². The molecule has 0 saturated carbocycles. The molecule has 3 unspecified atom stereocenters. The predicted molar refractivity (Wildman–Crippen MR) is 195 cm³/mol. The second-order valence-corrected chi connectivity index (χ2v) is 15.5. The molecule has 1 fully saturated rings. The fourth-order valence-corrected chi connectivity index (χ4v) is 7.30. The molecule has 1 aliphatic heterocycles. The zero-order chi connectivity index (χ0) is 35.4. The second kappa shape index (κ2) is 14.9. The molecule has 0 radical (unpaired) electrons. The Morgan fingerprint density at radius 2 is 1.39 bits per heavy atom. The van der Waals surface area contributed by atoms with E-state index >= 15 is 0 Å². The molecule has 1 saturated heterocycles. The number of carbonyl (C=O) groups excluding carboxylic acids is 1. The summed E-state index contributed by atoms with van der Waals surface area (Å²) in [5, 5.41) is 0. The van der Waals surface area contributed by atoms with Crippen LogP contribution in [0, 0.1) is 0 Å². The van der Waals surface area contributed by atoms with Crippen LogP contribution < -0.4 is 4.74 Å². The third kappa shape index (κ3) is 6.97. The minimum atomic E-state index is -3.61. The predicted octanol–water partition coefficient (Wildman–Crippen LogP) is 7.16. The molecular weight excluding hydrogens is 687 g/mol. The lowest BCUT2D eigenvalue weighted by Gasteiger charge is -2.50. The van der Waals surface area contributed by atoms with Crippen molar-refractivity contribution in [1.82, 2.24) is 29.1 Å². The van der Waals surface area contributed by atoms with E-state index in [4.69, 9.17) is 25.2 Å². The van der Waals surface area contributed by atoms with E-state index < -0.39 is 30.7 Å². The summed E-state index contributed by atoms with van der Waals surface area (Å²) in [6, 6.07) is 39.7. The minimum Gasteiger partial charge on any atom is -0.401 e. The van der Waals surface area contributed by atoms with Gasteiger partial charge in [0, 0.05) is 13.1 Å². The number of carbonyl (C=O) groups is 1. The average molecular weight is 723 g/mol. The molecule has 0 amide bonds. The van der Waals surface area contributed by atoms with E-state index in [1.165, 1.54) is 11.0 Å². The van der Waals surface area contributed by atoms with Crippen LogP contribution in [0.1, 0.15) is 33.3 Å². The highest BCUT2D eigenvalue weighted by Gasteiger charge is 2.47. The van der Waals surface area contributed by atoms with Crippen molar-refractivity contribution in [3.63, 3.8) is 0 Å². The lowest BCUT2D eigenvalue weighted by Crippen LogP contribution is -2.57. The SMILES string of the molecule is CN(C)P(=O)(Cl)OCC1CN(C(c2ccccc2)(c2ccccc2)c2ccccc2)CC(n2cnc3c(OC(=O)c4ccccc4)ncnc32)O1. The second-order valence-electron chi connectivity index (χ2n) is 12.3. The molecule has 3 heterocycles. The van der Waals surface area contributed by atoms with Crippen LogP contribution in [0.5, 0.6) is 5.88 Å². The Labute approximate surface area is 300 Å². The molecular formula is C38H36ClN6O5P. The highest BCUT2D eigenvalue weighted by Crippen LogP contribution is 2.54. The van der Waals surface area contributed by atoms with E-state index in [0.717, 1.165) is 16.7 Å². The number of nitrogens with zero attached hydrogens (tertiary/aromatic N) is 6. The molecule has 260 valence electrons. The lowest BCUT2D eigenvalue weighted by atomic mass is 9.75. The lowest BCUT2D eigenvalue weighted by molar-refractivity contribution is -0.145. The van der Waals surface area contributed by atoms with Crippen LogP contribution in [0.3, 0.4) is 0 Å². The van der Waals surface area contributed by atoms with Gasteiger partial charge in [0.1, 0.15) is 12.6 Å². The van der Waals surface area contributed by atoms with Crippen molar-refractivity contribution in [2.75, 3.05) is 33.8 Å². The normalized spacial score (nSPS) is 18.0. The summed E-state index contributed by atoms with van der Waals surface area (Å²) in [6.07, 6.45) is 1.67. The van der Waals surface area contributed by atoms with Crippen molar-refractivity contribution in [2.24, 2.45) is 0 Å². The fourth-order valence-electron chi connectivity index (χ4n) is 6.55. The maximum Gasteiger partial charge on any atom is 0.362 e. The molecule has 7 rings (SSSR count). The Hall–Kier alpha value is -4.74. The molecule has 0 spiro atoms. The number of imidazole rings is 1. The average Bonchev–Trinajstić information content (AvgIpc) is 3.61. The molecule has 11 nitrogen and oxygen atoms in total. The first-order chi connectivity index (χ1) is 24.8. The number of halogens is 1. The molecule has 6 aromatic rings. The summed E-state index contributed by atoms with van der Waals surface area (Å²) < 4.78 is 34.6. The van der Waals surface area contributed by atoms with Gasteiger partial charge in [-0.1, -0.05) is 109 Å². The zero-order valence-electron chi connectivity index (χ0n) is 28.0. The number of hydrogen-bond acceptors (Lipinski definition) is 9. The van der Waals surface area contributed by atoms with E-state index in [1.807, 2.05) is 60.7 Å². The Balaban J connectivity index is 1.34. The van der Waals surface area contributed by atoms with Crippen molar-refractivity contribution >= 4 is 35.2 Å². The molecule has 1 aliphatic rings. The Morgan fingerprint density at radius 3 is 1.94 bits per heavy atom. The third-order valence-corrected chi connectivity index (χ3v) is 11.6. The van der Waals surface area contributed by atoms with Gasteiger partial charge in [-0.3, -0.25) is 14.0 Å². The van der Waals surface area contributed by atoms with Crippen LogP contribution >= 0.6 is 18.1 Å². The third-order valence-electron chi connectivity index (χ3n) is 8.93. The summed E-state index contributed by atoms with van der Waals surface area (Å²) in [5.74, 6) is -0.534. The number of morpholine rings is 1. The number of aromatic nitrogens is 4. The van der Waals surface area contributed by atoms with E-state index in [2.05, 4.69) is 56.3 Å². The van der Waals surface area contributed by atoms with Gasteiger partial charge in [-0.15, -0.1) is 0 Å². The number of esters is 1. The van der Waals surface area contributed by atoms with E-state index in [1.54, 1.807) is 49.3 Å². The minimum absolute atomic E-state index is 0.0291. The smallest absolute Gasteiger partial charge is 0.362 e.